The van der Waals surface area contributed by atoms with E-state index in [1.54, 1.807) is 16.8 Å². The van der Waals surface area contributed by atoms with E-state index in [2.05, 4.69) is 20.6 Å². The highest BCUT2D eigenvalue weighted by molar-refractivity contribution is 7.15. The van der Waals surface area contributed by atoms with Crippen LogP contribution in [0.1, 0.15) is 21.8 Å². The summed E-state index contributed by atoms with van der Waals surface area (Å²) in [6.07, 6.45) is 1.61. The molecule has 0 aliphatic carbocycles. The smallest absolute Gasteiger partial charge is 0.232 e. The zero-order valence-corrected chi connectivity index (χ0v) is 16.1. The first-order valence-electron chi connectivity index (χ1n) is 7.64. The number of hydrogen-bond acceptors (Lipinski definition) is 6. The number of amides is 1. The monoisotopic (exact) mass is 411 g/mol. The van der Waals surface area contributed by atoms with Gasteiger partial charge in [0.15, 0.2) is 5.13 Å². The third-order valence-corrected chi connectivity index (χ3v) is 5.31. The number of benzene rings is 1. The molecule has 7 nitrogen and oxygen atoms in total. The molecular weight excluding hydrogens is 397 g/mol. The Balaban J connectivity index is 1.66. The van der Waals surface area contributed by atoms with Crippen molar-refractivity contribution in [3.05, 3.63) is 56.3 Å². The molecule has 3 aromatic rings. The number of halogens is 2. The fraction of sp³-hybridized carbons (Fsp3) is 0.250. The number of rotatable bonds is 6. The fourth-order valence-corrected chi connectivity index (χ4v) is 3.28. The fourth-order valence-electron chi connectivity index (χ4n) is 2.27. The summed E-state index contributed by atoms with van der Waals surface area (Å²) in [5.74, 6) is -0.242. The molecule has 3 rings (SSSR count). The lowest BCUT2D eigenvalue weighted by molar-refractivity contribution is -0.115. The van der Waals surface area contributed by atoms with Crippen molar-refractivity contribution in [3.8, 4) is 0 Å². The van der Waals surface area contributed by atoms with E-state index in [9.17, 15) is 4.79 Å². The van der Waals surface area contributed by atoms with Gasteiger partial charge in [-0.15, -0.1) is 5.10 Å². The predicted molar refractivity (Wildman–Crippen MR) is 101 cm³/mol. The molecule has 0 saturated heterocycles. The minimum atomic E-state index is -0.242. The normalized spacial score (nSPS) is 10.9. The zero-order valence-electron chi connectivity index (χ0n) is 13.7. The van der Waals surface area contributed by atoms with Crippen LogP contribution in [0.15, 0.2) is 24.4 Å². The van der Waals surface area contributed by atoms with Gasteiger partial charge in [0.05, 0.1) is 45.9 Å². The SMILES string of the molecule is Cc1c(CC(=O)Nc2ncc(CO)s2)nnn1Cc1ccc(Cl)c(Cl)c1. The maximum atomic E-state index is 12.2. The largest absolute Gasteiger partial charge is 0.391 e. The maximum absolute atomic E-state index is 12.2. The van der Waals surface area contributed by atoms with Crippen LogP contribution in [0.25, 0.3) is 0 Å². The highest BCUT2D eigenvalue weighted by atomic mass is 35.5. The molecule has 2 aromatic heterocycles. The average Bonchev–Trinajstić information content (AvgIpc) is 3.19. The summed E-state index contributed by atoms with van der Waals surface area (Å²) in [7, 11) is 0. The number of aromatic nitrogens is 4. The van der Waals surface area contributed by atoms with Gasteiger partial charge in [0.2, 0.25) is 5.91 Å². The van der Waals surface area contributed by atoms with Crippen LogP contribution in [0.4, 0.5) is 5.13 Å². The van der Waals surface area contributed by atoms with Crippen molar-refractivity contribution in [2.24, 2.45) is 0 Å². The van der Waals surface area contributed by atoms with E-state index in [0.717, 1.165) is 11.3 Å². The van der Waals surface area contributed by atoms with E-state index in [1.165, 1.54) is 17.5 Å². The van der Waals surface area contributed by atoms with Gasteiger partial charge in [0.25, 0.3) is 0 Å². The molecule has 136 valence electrons. The number of hydrogen-bond donors (Lipinski definition) is 2. The third-order valence-electron chi connectivity index (χ3n) is 3.68. The van der Waals surface area contributed by atoms with Gasteiger partial charge >= 0.3 is 0 Å². The van der Waals surface area contributed by atoms with Crippen molar-refractivity contribution in [3.63, 3.8) is 0 Å². The van der Waals surface area contributed by atoms with Crippen molar-refractivity contribution >= 4 is 45.6 Å². The summed E-state index contributed by atoms with van der Waals surface area (Å²) in [4.78, 5) is 16.9. The molecule has 1 aromatic carbocycles. The number of aliphatic hydroxyl groups is 1. The number of anilines is 1. The van der Waals surface area contributed by atoms with Crippen LogP contribution in [-0.2, 0) is 24.4 Å². The number of nitrogens with zero attached hydrogens (tertiary/aromatic N) is 4. The highest BCUT2D eigenvalue weighted by Crippen LogP contribution is 2.23. The second-order valence-electron chi connectivity index (χ2n) is 5.54. The van der Waals surface area contributed by atoms with Crippen LogP contribution in [0.5, 0.6) is 0 Å². The third kappa shape index (κ3) is 4.39. The van der Waals surface area contributed by atoms with E-state index in [0.29, 0.717) is 32.3 Å². The molecule has 2 N–H and O–H groups in total. The highest BCUT2D eigenvalue weighted by Gasteiger charge is 2.14. The Kier molecular flexibility index (Phi) is 5.87. The van der Waals surface area contributed by atoms with E-state index < -0.39 is 0 Å². The zero-order chi connectivity index (χ0) is 18.7. The van der Waals surface area contributed by atoms with Crippen molar-refractivity contribution < 1.29 is 9.90 Å². The first-order chi connectivity index (χ1) is 12.5. The summed E-state index contributed by atoms with van der Waals surface area (Å²) in [6.45, 7) is 2.23. The average molecular weight is 412 g/mol. The molecule has 0 atom stereocenters. The second-order valence-corrected chi connectivity index (χ2v) is 7.47. The first-order valence-corrected chi connectivity index (χ1v) is 9.22. The molecule has 0 saturated carbocycles. The van der Waals surface area contributed by atoms with Crippen LogP contribution < -0.4 is 5.32 Å². The van der Waals surface area contributed by atoms with Crippen molar-refractivity contribution in [1.29, 1.82) is 0 Å². The Morgan fingerprint density at radius 3 is 2.85 bits per heavy atom. The summed E-state index contributed by atoms with van der Waals surface area (Å²) in [5.41, 5.74) is 2.31. The van der Waals surface area contributed by atoms with E-state index >= 15 is 0 Å². The van der Waals surface area contributed by atoms with Gasteiger partial charge in [-0.2, -0.15) is 0 Å². The Bertz CT molecular complexity index is 941. The van der Waals surface area contributed by atoms with Gasteiger partial charge in [-0.3, -0.25) is 4.79 Å². The molecule has 0 bridgehead atoms. The maximum Gasteiger partial charge on any atom is 0.232 e. The summed E-state index contributed by atoms with van der Waals surface area (Å²) in [6, 6.07) is 5.37. The van der Waals surface area contributed by atoms with Gasteiger partial charge in [-0.05, 0) is 24.6 Å². The van der Waals surface area contributed by atoms with Gasteiger partial charge in [-0.1, -0.05) is 45.8 Å². The lowest BCUT2D eigenvalue weighted by Crippen LogP contribution is -2.15. The Labute approximate surface area is 163 Å². The van der Waals surface area contributed by atoms with Crippen LogP contribution in [0.2, 0.25) is 10.0 Å². The Morgan fingerprint density at radius 2 is 2.15 bits per heavy atom. The number of carbonyl (C=O) groups is 1. The molecule has 10 heteroatoms. The molecule has 0 aliphatic rings. The Morgan fingerprint density at radius 1 is 1.35 bits per heavy atom. The minimum Gasteiger partial charge on any atom is -0.391 e. The van der Waals surface area contributed by atoms with Gasteiger partial charge < -0.3 is 10.4 Å². The number of thiazole rings is 1. The molecule has 0 aliphatic heterocycles. The molecule has 0 radical (unpaired) electrons. The number of nitrogens with one attached hydrogen (secondary N) is 1. The van der Waals surface area contributed by atoms with Crippen LogP contribution in [0, 0.1) is 6.92 Å². The number of aliphatic hydroxyl groups excluding tert-OH is 1. The quantitative estimate of drug-likeness (QED) is 0.649. The second kappa shape index (κ2) is 8.13. The summed E-state index contributed by atoms with van der Waals surface area (Å²) in [5, 5.41) is 21.3. The van der Waals surface area contributed by atoms with E-state index in [4.69, 9.17) is 28.3 Å². The summed E-state index contributed by atoms with van der Waals surface area (Å²) < 4.78 is 1.70. The topological polar surface area (TPSA) is 92.9 Å². The lowest BCUT2D eigenvalue weighted by Gasteiger charge is -2.06. The molecule has 2 heterocycles. The summed E-state index contributed by atoms with van der Waals surface area (Å²) >= 11 is 13.2. The molecule has 1 amide bonds. The standard InChI is InChI=1S/C16H15Cl2N5O2S/c1-9-14(5-15(25)20-16-19-6-11(8-24)26-16)21-22-23(9)7-10-2-3-12(17)13(18)4-10/h2-4,6,24H,5,7-8H2,1H3,(H,19,20,25). The molecule has 0 fully saturated rings. The number of carbonyl (C=O) groups excluding carboxylic acids is 1. The predicted octanol–water partition coefficient (Wildman–Crippen LogP) is 3.07. The van der Waals surface area contributed by atoms with Crippen molar-refractivity contribution in [2.45, 2.75) is 26.5 Å². The first kappa shape index (κ1) is 18.8. The van der Waals surface area contributed by atoms with Crippen LogP contribution >= 0.6 is 34.5 Å². The molecule has 26 heavy (non-hydrogen) atoms. The van der Waals surface area contributed by atoms with Crippen LogP contribution in [-0.4, -0.2) is 31.0 Å². The Hall–Kier alpha value is -2.00. The van der Waals surface area contributed by atoms with E-state index in [-0.39, 0.29) is 18.9 Å². The lowest BCUT2D eigenvalue weighted by atomic mass is 10.2. The molecule has 0 spiro atoms. The molecular formula is C16H15Cl2N5O2S. The van der Waals surface area contributed by atoms with Gasteiger partial charge in [0, 0.05) is 6.20 Å². The van der Waals surface area contributed by atoms with Crippen LogP contribution in [0.3, 0.4) is 0 Å². The molecule has 0 unspecified atom stereocenters. The van der Waals surface area contributed by atoms with Crippen molar-refractivity contribution in [2.75, 3.05) is 5.32 Å². The van der Waals surface area contributed by atoms with Gasteiger partial charge in [0.1, 0.15) is 0 Å². The minimum absolute atomic E-state index is 0.0846. The van der Waals surface area contributed by atoms with Crippen molar-refractivity contribution in [1.82, 2.24) is 20.0 Å². The van der Waals surface area contributed by atoms with Gasteiger partial charge in [-0.25, -0.2) is 9.67 Å². The van der Waals surface area contributed by atoms with E-state index in [1.807, 2.05) is 13.0 Å².